The van der Waals surface area contributed by atoms with Crippen molar-refractivity contribution in [3.8, 4) is 0 Å². The maximum Gasteiger partial charge on any atom is 0.310 e. The molecule has 0 spiro atoms. The fourth-order valence-electron chi connectivity index (χ4n) is 2.82. The molecule has 4 heteroatoms. The molecular formula is C17H17NO3. The van der Waals surface area contributed by atoms with Gasteiger partial charge < -0.3 is 5.11 Å². The quantitative estimate of drug-likeness (QED) is 0.827. The molecule has 1 saturated carbocycles. The summed E-state index contributed by atoms with van der Waals surface area (Å²) in [6.07, 6.45) is 1.82. The third-order valence-corrected chi connectivity index (χ3v) is 4.06. The van der Waals surface area contributed by atoms with Crippen molar-refractivity contribution in [3.63, 3.8) is 0 Å². The molecule has 1 aliphatic rings. The van der Waals surface area contributed by atoms with Crippen LogP contribution in [0.25, 0.3) is 10.9 Å². The summed E-state index contributed by atoms with van der Waals surface area (Å²) < 4.78 is 0. The molecule has 2 atom stereocenters. The maximum atomic E-state index is 11.4. The van der Waals surface area contributed by atoms with Gasteiger partial charge in [0.1, 0.15) is 12.2 Å². The topological polar surface area (TPSA) is 67.3 Å². The van der Waals surface area contributed by atoms with Gasteiger partial charge in [0, 0.05) is 23.4 Å². The van der Waals surface area contributed by atoms with E-state index in [1.54, 1.807) is 0 Å². The molecule has 108 valence electrons. The number of carboxylic acids is 1. The lowest BCUT2D eigenvalue weighted by Crippen LogP contribution is -2.06. The zero-order chi connectivity index (χ0) is 14.8. The van der Waals surface area contributed by atoms with E-state index in [-0.39, 0.29) is 12.2 Å². The number of rotatable bonds is 6. The summed E-state index contributed by atoms with van der Waals surface area (Å²) >= 11 is 0. The molecule has 0 radical (unpaired) electrons. The number of carbonyl (C=O) groups is 2. The second-order valence-electron chi connectivity index (χ2n) is 5.68. The molecule has 1 N–H and O–H groups in total. The van der Waals surface area contributed by atoms with Gasteiger partial charge in [0.05, 0.1) is 5.52 Å². The molecular weight excluding hydrogens is 266 g/mol. The summed E-state index contributed by atoms with van der Waals surface area (Å²) in [7, 11) is 0. The number of para-hydroxylation sites is 1. The highest BCUT2D eigenvalue weighted by Crippen LogP contribution is 2.49. The maximum absolute atomic E-state index is 11.4. The van der Waals surface area contributed by atoms with Gasteiger partial charge in [-0.25, -0.2) is 0 Å². The summed E-state index contributed by atoms with van der Waals surface area (Å²) in [6, 6.07) is 12.2. The number of aromatic nitrogens is 1. The first-order valence-electron chi connectivity index (χ1n) is 7.22. The Balaban J connectivity index is 1.59. The van der Waals surface area contributed by atoms with Gasteiger partial charge in [-0.05, 0) is 30.9 Å². The van der Waals surface area contributed by atoms with E-state index in [0.717, 1.165) is 29.4 Å². The lowest BCUT2D eigenvalue weighted by atomic mass is 10.1. The highest BCUT2D eigenvalue weighted by atomic mass is 16.4. The molecule has 2 aromatic rings. The van der Waals surface area contributed by atoms with Crippen molar-refractivity contribution in [1.29, 1.82) is 0 Å². The number of hydrogen-bond acceptors (Lipinski definition) is 3. The van der Waals surface area contributed by atoms with Gasteiger partial charge in [-0.15, -0.1) is 0 Å². The molecule has 1 aromatic carbocycles. The van der Waals surface area contributed by atoms with E-state index in [9.17, 15) is 9.59 Å². The first-order chi connectivity index (χ1) is 10.1. The molecule has 4 nitrogen and oxygen atoms in total. The van der Waals surface area contributed by atoms with Crippen LogP contribution in [0.5, 0.6) is 0 Å². The Kier molecular flexibility index (Phi) is 3.69. The summed E-state index contributed by atoms with van der Waals surface area (Å²) in [5, 5.41) is 9.70. The Morgan fingerprint density at radius 3 is 2.81 bits per heavy atom. The number of nitrogens with zero attached hydrogens (tertiary/aromatic N) is 1. The van der Waals surface area contributed by atoms with E-state index in [0.29, 0.717) is 18.3 Å². The van der Waals surface area contributed by atoms with Crippen molar-refractivity contribution in [2.75, 3.05) is 0 Å². The fraction of sp³-hybridized carbons (Fsp3) is 0.353. The van der Waals surface area contributed by atoms with Crippen molar-refractivity contribution in [1.82, 2.24) is 4.98 Å². The molecule has 0 aliphatic heterocycles. The third kappa shape index (κ3) is 3.27. The van der Waals surface area contributed by atoms with E-state index in [2.05, 4.69) is 17.1 Å². The van der Waals surface area contributed by atoms with Crippen molar-refractivity contribution in [2.24, 2.45) is 5.92 Å². The zero-order valence-corrected chi connectivity index (χ0v) is 11.7. The second-order valence-corrected chi connectivity index (χ2v) is 5.68. The smallest absolute Gasteiger partial charge is 0.310 e. The van der Waals surface area contributed by atoms with Crippen LogP contribution < -0.4 is 0 Å². The van der Waals surface area contributed by atoms with Crippen molar-refractivity contribution in [3.05, 3.63) is 42.1 Å². The lowest BCUT2D eigenvalue weighted by Gasteiger charge is -2.02. The zero-order valence-electron chi connectivity index (χ0n) is 11.7. The Morgan fingerprint density at radius 2 is 2.00 bits per heavy atom. The van der Waals surface area contributed by atoms with Crippen molar-refractivity contribution >= 4 is 22.7 Å². The predicted octanol–water partition coefficient (Wildman–Crippen LogP) is 3.16. The Hall–Kier alpha value is -2.23. The standard InChI is InChI=1S/C17H17NO3/c19-13(10-17(20)21)7-5-12-9-14(12)16-8-6-11-3-1-2-4-15(11)18-16/h1-4,6,8,12,14H,5,7,9-10H2,(H,20,21). The summed E-state index contributed by atoms with van der Waals surface area (Å²) in [5.41, 5.74) is 2.09. The van der Waals surface area contributed by atoms with Crippen LogP contribution in [0.15, 0.2) is 36.4 Å². The Morgan fingerprint density at radius 1 is 1.19 bits per heavy atom. The van der Waals surface area contributed by atoms with E-state index >= 15 is 0 Å². The van der Waals surface area contributed by atoms with Crippen LogP contribution in [0.3, 0.4) is 0 Å². The number of Topliss-reactive ketones (excluding diaryl/α,β-unsaturated/α-hetero) is 1. The average Bonchev–Trinajstić information content (AvgIpc) is 3.23. The van der Waals surface area contributed by atoms with E-state index in [1.807, 2.05) is 24.3 Å². The Labute approximate surface area is 122 Å². The Bertz CT molecular complexity index is 695. The van der Waals surface area contributed by atoms with Crippen molar-refractivity contribution in [2.45, 2.75) is 31.6 Å². The monoisotopic (exact) mass is 283 g/mol. The highest BCUT2D eigenvalue weighted by molar-refractivity contribution is 5.94. The van der Waals surface area contributed by atoms with Gasteiger partial charge in [-0.1, -0.05) is 24.3 Å². The summed E-state index contributed by atoms with van der Waals surface area (Å²) in [5.74, 6) is -0.327. The van der Waals surface area contributed by atoms with Crippen LogP contribution in [0.1, 0.15) is 37.3 Å². The van der Waals surface area contributed by atoms with Gasteiger partial charge in [0.25, 0.3) is 0 Å². The molecule has 21 heavy (non-hydrogen) atoms. The first-order valence-corrected chi connectivity index (χ1v) is 7.22. The largest absolute Gasteiger partial charge is 0.481 e. The van der Waals surface area contributed by atoms with E-state index in [4.69, 9.17) is 5.11 Å². The van der Waals surface area contributed by atoms with E-state index < -0.39 is 5.97 Å². The highest BCUT2D eigenvalue weighted by Gasteiger charge is 2.39. The number of hydrogen-bond donors (Lipinski definition) is 1. The minimum atomic E-state index is -1.04. The van der Waals surface area contributed by atoms with Gasteiger partial charge in [0.2, 0.25) is 0 Å². The predicted molar refractivity (Wildman–Crippen MR) is 79.1 cm³/mol. The van der Waals surface area contributed by atoms with Gasteiger partial charge in [-0.3, -0.25) is 14.6 Å². The lowest BCUT2D eigenvalue weighted by molar-refractivity contribution is -0.140. The molecule has 1 fully saturated rings. The van der Waals surface area contributed by atoms with Gasteiger partial charge in [0.15, 0.2) is 0 Å². The molecule has 0 saturated heterocycles. The minimum Gasteiger partial charge on any atom is -0.481 e. The summed E-state index contributed by atoms with van der Waals surface area (Å²) in [6.45, 7) is 0. The first kappa shape index (κ1) is 13.7. The summed E-state index contributed by atoms with van der Waals surface area (Å²) in [4.78, 5) is 26.5. The number of fused-ring (bicyclic) bond motifs is 1. The average molecular weight is 283 g/mol. The molecule has 3 rings (SSSR count). The van der Waals surface area contributed by atoms with Crippen LogP contribution in [0.4, 0.5) is 0 Å². The van der Waals surface area contributed by atoms with Crippen LogP contribution in [-0.4, -0.2) is 21.8 Å². The number of pyridine rings is 1. The third-order valence-electron chi connectivity index (χ3n) is 4.06. The minimum absolute atomic E-state index is 0.181. The van der Waals surface area contributed by atoms with Crippen molar-refractivity contribution < 1.29 is 14.7 Å². The van der Waals surface area contributed by atoms with Gasteiger partial charge >= 0.3 is 5.97 Å². The molecule has 0 amide bonds. The van der Waals surface area contributed by atoms with Crippen LogP contribution >= 0.6 is 0 Å². The number of benzene rings is 1. The molecule has 1 heterocycles. The molecule has 2 unspecified atom stereocenters. The van der Waals surface area contributed by atoms with E-state index in [1.165, 1.54) is 0 Å². The SMILES string of the molecule is O=C(O)CC(=O)CCC1CC1c1ccc2ccccc2n1. The fourth-order valence-corrected chi connectivity index (χ4v) is 2.82. The second kappa shape index (κ2) is 5.64. The number of carboxylic acid groups (broad SMARTS) is 1. The molecule has 1 aliphatic carbocycles. The van der Waals surface area contributed by atoms with Crippen LogP contribution in [0.2, 0.25) is 0 Å². The number of ketones is 1. The van der Waals surface area contributed by atoms with Crippen LogP contribution in [0, 0.1) is 5.92 Å². The normalized spacial score (nSPS) is 20.4. The number of carbonyl (C=O) groups excluding carboxylic acids is 1. The van der Waals surface area contributed by atoms with Gasteiger partial charge in [-0.2, -0.15) is 0 Å². The molecule has 0 bridgehead atoms. The molecule has 1 aromatic heterocycles. The number of aliphatic carboxylic acids is 1. The van der Waals surface area contributed by atoms with Crippen LogP contribution in [-0.2, 0) is 9.59 Å².